The summed E-state index contributed by atoms with van der Waals surface area (Å²) in [4.78, 5) is 73.0. The zero-order chi connectivity index (χ0) is 44.1. The number of hydrogen-bond donors (Lipinski definition) is 6. The molecule has 4 aromatic rings. The summed E-state index contributed by atoms with van der Waals surface area (Å²) in [6.07, 6.45) is 3.10. The van der Waals surface area contributed by atoms with E-state index in [9.17, 15) is 29.1 Å². The topological polar surface area (TPSA) is 213 Å². The van der Waals surface area contributed by atoms with Crippen molar-refractivity contribution in [1.29, 1.82) is 0 Å². The summed E-state index contributed by atoms with van der Waals surface area (Å²) >= 11 is 6.88. The number of nitrogens with one attached hydrogen (secondary N) is 5. The Labute approximate surface area is 360 Å². The van der Waals surface area contributed by atoms with Gasteiger partial charge in [0.15, 0.2) is 0 Å². The van der Waals surface area contributed by atoms with Crippen LogP contribution in [0.25, 0.3) is 11.1 Å². The highest BCUT2D eigenvalue weighted by molar-refractivity contribution is 6.36. The highest BCUT2D eigenvalue weighted by Gasteiger charge is 2.36. The third-order valence-electron chi connectivity index (χ3n) is 9.68. The van der Waals surface area contributed by atoms with Gasteiger partial charge in [0.1, 0.15) is 23.0 Å². The number of β-amino-alcohol motifs (C(OH)–C–C–N with tert-alkyl or cyclic N) is 1. The maximum atomic E-state index is 13.3. The van der Waals surface area contributed by atoms with Crippen LogP contribution in [0.1, 0.15) is 77.7 Å². The number of benzene rings is 2. The van der Waals surface area contributed by atoms with Crippen LogP contribution in [-0.4, -0.2) is 101 Å². The Morgan fingerprint density at radius 1 is 0.836 bits per heavy atom. The fourth-order valence-corrected chi connectivity index (χ4v) is 6.90. The van der Waals surface area contributed by atoms with E-state index in [1.54, 1.807) is 81.7 Å². The third kappa shape index (κ3) is 13.5. The van der Waals surface area contributed by atoms with E-state index in [-0.39, 0.29) is 23.7 Å². The van der Waals surface area contributed by atoms with Crippen LogP contribution in [0, 0.1) is 6.92 Å². The van der Waals surface area contributed by atoms with Crippen LogP contribution >= 0.6 is 11.6 Å². The molecule has 1 saturated heterocycles. The lowest BCUT2D eigenvalue weighted by atomic mass is 9.98. The summed E-state index contributed by atoms with van der Waals surface area (Å²) in [6.45, 7) is 9.68. The predicted molar refractivity (Wildman–Crippen MR) is 231 cm³/mol. The number of rotatable bonds is 17. The molecule has 61 heavy (non-hydrogen) atoms. The molecule has 1 fully saturated rings. The number of methoxy groups -OCH3 is 1. The Kier molecular flexibility index (Phi) is 16.3. The lowest BCUT2D eigenvalue weighted by Crippen LogP contribution is -2.36. The largest absolute Gasteiger partial charge is 0.468 e. The van der Waals surface area contributed by atoms with Crippen LogP contribution in [0.2, 0.25) is 5.02 Å². The number of aliphatic hydroxyl groups is 1. The molecule has 1 aliphatic heterocycles. The minimum absolute atomic E-state index is 0.112. The average molecular weight is 857 g/mol. The van der Waals surface area contributed by atoms with E-state index in [2.05, 4.69) is 36.6 Å². The number of ether oxygens (including phenoxy) is 2. The number of pyridine rings is 2. The molecule has 0 radical (unpaired) electrons. The van der Waals surface area contributed by atoms with Crippen molar-refractivity contribution in [3.05, 3.63) is 106 Å². The fourth-order valence-electron chi connectivity index (χ4n) is 6.62. The molecule has 4 amide bonds. The van der Waals surface area contributed by atoms with Crippen molar-refractivity contribution in [1.82, 2.24) is 30.8 Å². The number of anilines is 2. The Balaban J connectivity index is 1.09. The molecule has 2 aromatic carbocycles. The number of carbonyl (C=O) groups excluding carboxylic acids is 5. The highest BCUT2D eigenvalue weighted by atomic mass is 35.5. The number of carbonyl (C=O) groups is 5. The van der Waals surface area contributed by atoms with Gasteiger partial charge < -0.3 is 41.2 Å². The second-order valence-electron chi connectivity index (χ2n) is 15.6. The minimum atomic E-state index is -0.633. The number of aliphatic hydroxyl groups excluding tert-OH is 1. The highest BCUT2D eigenvalue weighted by Crippen LogP contribution is 2.37. The summed E-state index contributed by atoms with van der Waals surface area (Å²) in [5.74, 6) is -1.38. The normalized spacial score (nSPS) is 15.1. The van der Waals surface area contributed by atoms with Gasteiger partial charge in [-0.05, 0) is 80.6 Å². The van der Waals surface area contributed by atoms with E-state index in [4.69, 9.17) is 21.1 Å². The van der Waals surface area contributed by atoms with Gasteiger partial charge in [-0.15, -0.1) is 0 Å². The van der Waals surface area contributed by atoms with E-state index in [1.165, 1.54) is 7.11 Å². The Morgan fingerprint density at radius 2 is 1.48 bits per heavy atom. The molecule has 6 N–H and O–H groups in total. The van der Waals surface area contributed by atoms with Crippen molar-refractivity contribution in [2.24, 2.45) is 0 Å². The van der Waals surface area contributed by atoms with Crippen molar-refractivity contribution in [3.63, 3.8) is 0 Å². The van der Waals surface area contributed by atoms with Gasteiger partial charge in [0, 0.05) is 75.8 Å². The summed E-state index contributed by atoms with van der Waals surface area (Å²) in [5.41, 5.74) is 4.52. The summed E-state index contributed by atoms with van der Waals surface area (Å²) in [5, 5.41) is 24.9. The molecule has 5 rings (SSSR count). The van der Waals surface area contributed by atoms with Gasteiger partial charge in [-0.3, -0.25) is 34.0 Å². The average Bonchev–Trinajstić information content (AvgIpc) is 3.59. The number of aromatic nitrogens is 2. The molecule has 1 aliphatic rings. The first-order valence-electron chi connectivity index (χ1n) is 20.0. The molecule has 0 aliphatic carbocycles. The smallest absolute Gasteiger partial charge is 0.407 e. The Bertz CT molecular complexity index is 2180. The van der Waals surface area contributed by atoms with Crippen molar-refractivity contribution < 1.29 is 38.6 Å². The minimum Gasteiger partial charge on any atom is -0.468 e. The molecule has 2 aromatic heterocycles. The van der Waals surface area contributed by atoms with Crippen LogP contribution in [0.5, 0.6) is 0 Å². The van der Waals surface area contributed by atoms with Crippen LogP contribution in [0.4, 0.5) is 16.2 Å². The van der Waals surface area contributed by atoms with Gasteiger partial charge in [-0.2, -0.15) is 0 Å². The Hall–Kier alpha value is -5.94. The van der Waals surface area contributed by atoms with E-state index in [0.29, 0.717) is 74.1 Å². The lowest BCUT2D eigenvalue weighted by molar-refractivity contribution is -0.146. The van der Waals surface area contributed by atoms with Crippen molar-refractivity contribution in [3.8, 4) is 11.1 Å². The van der Waals surface area contributed by atoms with Gasteiger partial charge in [-0.25, -0.2) is 4.79 Å². The monoisotopic (exact) mass is 856 g/mol. The first kappa shape index (κ1) is 46.1. The first-order chi connectivity index (χ1) is 29.1. The number of esters is 1. The molecular formula is C44H53ClN8O8. The van der Waals surface area contributed by atoms with Gasteiger partial charge >= 0.3 is 12.1 Å². The van der Waals surface area contributed by atoms with E-state index < -0.39 is 41.6 Å². The van der Waals surface area contributed by atoms with Crippen molar-refractivity contribution >= 4 is 52.8 Å². The van der Waals surface area contributed by atoms with Crippen molar-refractivity contribution in [2.45, 2.75) is 77.8 Å². The Morgan fingerprint density at radius 3 is 2.11 bits per heavy atom. The number of nitrogens with zero attached hydrogens (tertiary/aromatic N) is 3. The van der Waals surface area contributed by atoms with Gasteiger partial charge in [-0.1, -0.05) is 48.0 Å². The standard InChI is InChI=1S/C44H53ClN8O8/c1-27-31(32-10-7-12-34(39(32)45)52-41(57)36-17-15-29(24-50-36)25-53-26-30(54)21-37(53)42(58)60-5)9-6-11-33(27)51-40(56)35-16-14-28(23-49-35)22-46-19-20-47-38(55)13-8-18-48-43(59)61-44(2,3)4/h6-7,9-12,14-17,23-24,30,37,46,54H,8,13,18-22,25-26H2,1-5H3,(H,47,55)(H,48,59)(H,51,56)(H,52,57)/t30-,37+/m1/s1. The van der Waals surface area contributed by atoms with E-state index >= 15 is 0 Å². The third-order valence-corrected chi connectivity index (χ3v) is 10.1. The molecule has 0 saturated carbocycles. The van der Waals surface area contributed by atoms with Gasteiger partial charge in [0.2, 0.25) is 5.91 Å². The predicted octanol–water partition coefficient (Wildman–Crippen LogP) is 5.23. The first-order valence-corrected chi connectivity index (χ1v) is 20.3. The number of halogens is 1. The number of amides is 4. The number of alkyl carbamates (subject to hydrolysis) is 1. The zero-order valence-electron chi connectivity index (χ0n) is 35.0. The number of hydrogen-bond acceptors (Lipinski definition) is 12. The SMILES string of the molecule is COC(=O)[C@@H]1C[C@@H](O)CN1Cc1ccc(C(=O)Nc2cccc(-c3cccc(NC(=O)c4ccc(CNCCNC(=O)CCCNC(=O)OC(C)(C)C)cn4)c3C)c2Cl)nc1. The second-order valence-corrected chi connectivity index (χ2v) is 16.0. The molecule has 0 unspecified atom stereocenters. The van der Waals surface area contributed by atoms with Crippen LogP contribution < -0.4 is 26.6 Å². The number of likely N-dealkylation sites (tertiary alicyclic amines) is 1. The van der Waals surface area contributed by atoms with Gasteiger partial charge in [0.25, 0.3) is 11.8 Å². The maximum absolute atomic E-state index is 13.3. The van der Waals surface area contributed by atoms with E-state index in [0.717, 1.165) is 22.3 Å². The lowest BCUT2D eigenvalue weighted by Gasteiger charge is -2.21. The molecule has 324 valence electrons. The van der Waals surface area contributed by atoms with Crippen LogP contribution in [0.3, 0.4) is 0 Å². The van der Waals surface area contributed by atoms with Crippen LogP contribution in [-0.2, 0) is 32.2 Å². The molecule has 3 heterocycles. The second kappa shape index (κ2) is 21.5. The molecular weight excluding hydrogens is 804 g/mol. The van der Waals surface area contributed by atoms with Crippen molar-refractivity contribution in [2.75, 3.05) is 43.9 Å². The molecule has 17 heteroatoms. The molecule has 0 spiro atoms. The summed E-state index contributed by atoms with van der Waals surface area (Å²) in [6, 6.07) is 17.0. The zero-order valence-corrected chi connectivity index (χ0v) is 35.7. The van der Waals surface area contributed by atoms with Crippen LogP contribution in [0.15, 0.2) is 73.1 Å². The molecule has 16 nitrogen and oxygen atoms in total. The maximum Gasteiger partial charge on any atom is 0.407 e. The fraction of sp³-hybridized carbons (Fsp3) is 0.386. The summed E-state index contributed by atoms with van der Waals surface area (Å²) < 4.78 is 10.1. The molecule has 2 atom stereocenters. The summed E-state index contributed by atoms with van der Waals surface area (Å²) in [7, 11) is 1.32. The van der Waals surface area contributed by atoms with Gasteiger partial charge in [0.05, 0.1) is 23.9 Å². The molecule has 0 bridgehead atoms. The quantitative estimate of drug-likeness (QED) is 0.0596. The van der Waals surface area contributed by atoms with E-state index in [1.807, 2.05) is 24.0 Å².